The summed E-state index contributed by atoms with van der Waals surface area (Å²) in [7, 11) is 1.60. The summed E-state index contributed by atoms with van der Waals surface area (Å²) in [5.41, 5.74) is 1.41. The number of carbonyl (C=O) groups is 1. The molecule has 0 saturated heterocycles. The minimum atomic E-state index is -4.39. The highest BCUT2D eigenvalue weighted by Gasteiger charge is 2.28. The van der Waals surface area contributed by atoms with E-state index >= 15 is 0 Å². The number of halogens is 3. The molecule has 30 heavy (non-hydrogen) atoms. The molecule has 1 aliphatic carbocycles. The number of ether oxygens (including phenoxy) is 1. The van der Waals surface area contributed by atoms with Crippen LogP contribution in [0.25, 0.3) is 0 Å². The Hall–Kier alpha value is -2.45. The van der Waals surface area contributed by atoms with E-state index in [2.05, 4.69) is 20.9 Å². The van der Waals surface area contributed by atoms with Crippen LogP contribution in [0.1, 0.15) is 43.2 Å². The zero-order valence-electron chi connectivity index (χ0n) is 17.6. The van der Waals surface area contributed by atoms with Crippen LogP contribution in [0, 0.1) is 12.8 Å². The quantitative estimate of drug-likeness (QED) is 0.337. The van der Waals surface area contributed by atoms with E-state index in [0.717, 1.165) is 31.2 Å². The molecule has 0 heterocycles. The lowest BCUT2D eigenvalue weighted by molar-refractivity contribution is -0.153. The second kappa shape index (κ2) is 11.7. The van der Waals surface area contributed by atoms with E-state index in [1.807, 2.05) is 6.07 Å². The van der Waals surface area contributed by atoms with Crippen molar-refractivity contribution in [3.63, 3.8) is 0 Å². The summed E-state index contributed by atoms with van der Waals surface area (Å²) in [5, 5.41) is 9.09. The Morgan fingerprint density at radius 2 is 1.83 bits per heavy atom. The summed E-state index contributed by atoms with van der Waals surface area (Å²) >= 11 is 0. The molecule has 0 atom stereocenters. The third kappa shape index (κ3) is 8.51. The van der Waals surface area contributed by atoms with Crippen molar-refractivity contribution in [2.24, 2.45) is 10.9 Å². The third-order valence-corrected chi connectivity index (χ3v) is 4.98. The molecule has 1 aromatic rings. The molecule has 0 aromatic heterocycles. The molecule has 0 bridgehead atoms. The standard InChI is InChI=1S/C21H31F3N4O2/c1-15-8-9-17(18(12-15)30-14-21(22,23)24)13-28-20(25-2)27-11-10-26-19(29)16-6-4-3-5-7-16/h8-9,12,16H,3-7,10-11,13-14H2,1-2H3,(H,26,29)(H2,25,27,28). The number of nitrogens with one attached hydrogen (secondary N) is 3. The number of benzene rings is 1. The lowest BCUT2D eigenvalue weighted by Crippen LogP contribution is -2.42. The van der Waals surface area contributed by atoms with Crippen molar-refractivity contribution < 1.29 is 22.7 Å². The highest BCUT2D eigenvalue weighted by atomic mass is 19.4. The fourth-order valence-corrected chi connectivity index (χ4v) is 3.38. The number of amides is 1. The SMILES string of the molecule is CN=C(NCCNC(=O)C1CCCCC1)NCc1ccc(C)cc1OCC(F)(F)F. The van der Waals surface area contributed by atoms with Crippen LogP contribution in [0.2, 0.25) is 0 Å². The van der Waals surface area contributed by atoms with Gasteiger partial charge in [-0.15, -0.1) is 0 Å². The topological polar surface area (TPSA) is 74.8 Å². The summed E-state index contributed by atoms with van der Waals surface area (Å²) in [6.45, 7) is 1.67. The number of nitrogens with zero attached hydrogens (tertiary/aromatic N) is 1. The van der Waals surface area contributed by atoms with Crippen LogP contribution in [-0.4, -0.2) is 44.8 Å². The van der Waals surface area contributed by atoms with E-state index in [-0.39, 0.29) is 24.1 Å². The first-order chi connectivity index (χ1) is 14.3. The lowest BCUT2D eigenvalue weighted by Gasteiger charge is -2.21. The van der Waals surface area contributed by atoms with Gasteiger partial charge in [-0.3, -0.25) is 9.79 Å². The first-order valence-corrected chi connectivity index (χ1v) is 10.3. The minimum Gasteiger partial charge on any atom is -0.484 e. The van der Waals surface area contributed by atoms with Gasteiger partial charge in [-0.05, 0) is 31.4 Å². The van der Waals surface area contributed by atoms with E-state index < -0.39 is 12.8 Å². The van der Waals surface area contributed by atoms with Gasteiger partial charge in [0, 0.05) is 38.2 Å². The number of alkyl halides is 3. The smallest absolute Gasteiger partial charge is 0.422 e. The summed E-state index contributed by atoms with van der Waals surface area (Å²) < 4.78 is 42.4. The summed E-state index contributed by atoms with van der Waals surface area (Å²) in [4.78, 5) is 16.2. The normalized spacial score (nSPS) is 15.6. The van der Waals surface area contributed by atoms with Crippen LogP contribution in [0.3, 0.4) is 0 Å². The average Bonchev–Trinajstić information content (AvgIpc) is 2.72. The number of rotatable bonds is 8. The molecule has 0 spiro atoms. The molecule has 6 nitrogen and oxygen atoms in total. The van der Waals surface area contributed by atoms with Crippen molar-refractivity contribution in [3.8, 4) is 5.75 Å². The number of aliphatic imine (C=N–C) groups is 1. The Bertz CT molecular complexity index is 717. The van der Waals surface area contributed by atoms with Gasteiger partial charge in [0.05, 0.1) is 0 Å². The first-order valence-electron chi connectivity index (χ1n) is 10.3. The van der Waals surface area contributed by atoms with Crippen molar-refractivity contribution in [2.75, 3.05) is 26.7 Å². The predicted molar refractivity (Wildman–Crippen MR) is 111 cm³/mol. The van der Waals surface area contributed by atoms with Gasteiger partial charge in [0.15, 0.2) is 12.6 Å². The Labute approximate surface area is 175 Å². The number of hydrogen-bond donors (Lipinski definition) is 3. The Morgan fingerprint density at radius 1 is 1.13 bits per heavy atom. The summed E-state index contributed by atoms with van der Waals surface area (Å²) in [6.07, 6.45) is 0.947. The molecular formula is C21H31F3N4O2. The van der Waals surface area contributed by atoms with Gasteiger partial charge in [0.2, 0.25) is 5.91 Å². The minimum absolute atomic E-state index is 0.102. The first kappa shape index (κ1) is 23.8. The monoisotopic (exact) mass is 428 g/mol. The van der Waals surface area contributed by atoms with Crippen LogP contribution >= 0.6 is 0 Å². The van der Waals surface area contributed by atoms with Gasteiger partial charge in [0.1, 0.15) is 5.75 Å². The van der Waals surface area contributed by atoms with Crippen molar-refractivity contribution >= 4 is 11.9 Å². The average molecular weight is 428 g/mol. The lowest BCUT2D eigenvalue weighted by atomic mass is 9.89. The molecule has 1 aliphatic rings. The fourth-order valence-electron chi connectivity index (χ4n) is 3.38. The molecular weight excluding hydrogens is 397 g/mol. The Kier molecular flexibility index (Phi) is 9.26. The van der Waals surface area contributed by atoms with Gasteiger partial charge in [-0.1, -0.05) is 31.4 Å². The molecule has 0 unspecified atom stereocenters. The molecule has 1 aromatic carbocycles. The molecule has 2 rings (SSSR count). The van der Waals surface area contributed by atoms with Crippen LogP contribution in [0.5, 0.6) is 5.75 Å². The van der Waals surface area contributed by atoms with Gasteiger partial charge in [0.25, 0.3) is 0 Å². The summed E-state index contributed by atoms with van der Waals surface area (Å²) in [5.74, 6) is 0.901. The number of carbonyl (C=O) groups excluding carboxylic acids is 1. The van der Waals surface area contributed by atoms with Crippen molar-refractivity contribution in [2.45, 2.75) is 51.7 Å². The van der Waals surface area contributed by atoms with E-state index in [0.29, 0.717) is 24.6 Å². The number of hydrogen-bond acceptors (Lipinski definition) is 3. The maximum atomic E-state index is 12.5. The van der Waals surface area contributed by atoms with Gasteiger partial charge >= 0.3 is 6.18 Å². The molecule has 3 N–H and O–H groups in total. The molecule has 0 aliphatic heterocycles. The zero-order chi connectivity index (χ0) is 22.0. The number of guanidine groups is 1. The maximum Gasteiger partial charge on any atom is 0.422 e. The van der Waals surface area contributed by atoms with Crippen LogP contribution in [0.4, 0.5) is 13.2 Å². The summed E-state index contributed by atoms with van der Waals surface area (Å²) in [6, 6.07) is 5.12. The second-order valence-electron chi connectivity index (χ2n) is 7.49. The van der Waals surface area contributed by atoms with Crippen molar-refractivity contribution in [1.82, 2.24) is 16.0 Å². The highest BCUT2D eigenvalue weighted by Crippen LogP contribution is 2.24. The van der Waals surface area contributed by atoms with Gasteiger partial charge in [-0.25, -0.2) is 0 Å². The van der Waals surface area contributed by atoms with Gasteiger partial charge in [-0.2, -0.15) is 13.2 Å². The Balaban J connectivity index is 1.77. The second-order valence-corrected chi connectivity index (χ2v) is 7.49. The van der Waals surface area contributed by atoms with Crippen LogP contribution in [-0.2, 0) is 11.3 Å². The zero-order valence-corrected chi connectivity index (χ0v) is 17.6. The Morgan fingerprint density at radius 3 is 2.50 bits per heavy atom. The van der Waals surface area contributed by atoms with Crippen LogP contribution in [0.15, 0.2) is 23.2 Å². The maximum absolute atomic E-state index is 12.5. The molecule has 0 radical (unpaired) electrons. The largest absolute Gasteiger partial charge is 0.484 e. The molecule has 9 heteroatoms. The molecule has 1 fully saturated rings. The van der Waals surface area contributed by atoms with E-state index in [4.69, 9.17) is 4.74 Å². The predicted octanol–water partition coefficient (Wildman–Crippen LogP) is 3.30. The molecule has 1 saturated carbocycles. The number of aryl methyl sites for hydroxylation is 1. The van der Waals surface area contributed by atoms with Crippen molar-refractivity contribution in [3.05, 3.63) is 29.3 Å². The fraction of sp³-hybridized carbons (Fsp3) is 0.619. The van der Waals surface area contributed by atoms with Crippen LogP contribution < -0.4 is 20.7 Å². The van der Waals surface area contributed by atoms with E-state index in [9.17, 15) is 18.0 Å². The highest BCUT2D eigenvalue weighted by molar-refractivity contribution is 5.80. The van der Waals surface area contributed by atoms with E-state index in [1.165, 1.54) is 6.42 Å². The molecule has 168 valence electrons. The van der Waals surface area contributed by atoms with Crippen molar-refractivity contribution in [1.29, 1.82) is 0 Å². The molecule has 1 amide bonds. The van der Waals surface area contributed by atoms with Gasteiger partial charge < -0.3 is 20.7 Å². The van der Waals surface area contributed by atoms with E-state index in [1.54, 1.807) is 26.1 Å². The third-order valence-electron chi connectivity index (χ3n) is 4.98.